The highest BCUT2D eigenvalue weighted by Gasteiger charge is 2.36. The number of pyridine rings is 1. The lowest BCUT2D eigenvalue weighted by Crippen LogP contribution is -2.47. The highest BCUT2D eigenvalue weighted by atomic mass is 35.5. The normalized spacial score (nSPS) is 12.9. The second kappa shape index (κ2) is 13.2. The van der Waals surface area contributed by atoms with Crippen molar-refractivity contribution in [1.29, 1.82) is 0 Å². The van der Waals surface area contributed by atoms with Crippen molar-refractivity contribution < 1.29 is 9.59 Å². The number of carbonyl (C=O) groups excluding carboxylic acids is 2. The molecule has 2 unspecified atom stereocenters. The van der Waals surface area contributed by atoms with Crippen LogP contribution in [-0.4, -0.2) is 40.3 Å². The number of rotatable bonds is 11. The van der Waals surface area contributed by atoms with Gasteiger partial charge in [0.25, 0.3) is 0 Å². The number of hydrogen-bond donors (Lipinski definition) is 1. The first-order valence-electron chi connectivity index (χ1n) is 12.6. The summed E-state index contributed by atoms with van der Waals surface area (Å²) in [7, 11) is 0. The molecule has 0 fully saturated rings. The number of carbonyl (C=O) groups is 2. The Morgan fingerprint density at radius 2 is 1.53 bits per heavy atom. The van der Waals surface area contributed by atoms with E-state index >= 15 is 0 Å². The van der Waals surface area contributed by atoms with Crippen molar-refractivity contribution in [2.75, 3.05) is 6.54 Å². The standard InChI is InChI=1S/C30H36ClN3O2/c1-21(2)34(22(3)4)30(36)29(25-14-10-18-32-19-25)26(23-11-6-5-7-12-23)20-33-28(35)17-16-24-13-8-9-15-27(24)31/h5-15,18-19,21-22,26,29H,16-17,20H2,1-4H3,(H,33,35). The Morgan fingerprint density at radius 1 is 0.889 bits per heavy atom. The maximum Gasteiger partial charge on any atom is 0.231 e. The van der Waals surface area contributed by atoms with Gasteiger partial charge in [-0.15, -0.1) is 0 Å². The monoisotopic (exact) mass is 505 g/mol. The van der Waals surface area contributed by atoms with E-state index in [9.17, 15) is 9.59 Å². The van der Waals surface area contributed by atoms with E-state index in [0.717, 1.165) is 16.7 Å². The molecule has 3 aromatic rings. The second-order valence-corrected chi connectivity index (χ2v) is 10.0. The largest absolute Gasteiger partial charge is 0.355 e. The fourth-order valence-electron chi connectivity index (χ4n) is 4.76. The predicted octanol–water partition coefficient (Wildman–Crippen LogP) is 6.00. The summed E-state index contributed by atoms with van der Waals surface area (Å²) in [5.41, 5.74) is 2.79. The van der Waals surface area contributed by atoms with Gasteiger partial charge in [0.15, 0.2) is 0 Å². The van der Waals surface area contributed by atoms with E-state index in [0.29, 0.717) is 24.4 Å². The zero-order valence-electron chi connectivity index (χ0n) is 21.5. The Morgan fingerprint density at radius 3 is 2.14 bits per heavy atom. The molecule has 6 heteroatoms. The maximum atomic E-state index is 14.1. The van der Waals surface area contributed by atoms with Gasteiger partial charge in [-0.3, -0.25) is 14.6 Å². The van der Waals surface area contributed by atoms with Crippen LogP contribution in [0.2, 0.25) is 5.02 Å². The molecule has 190 valence electrons. The van der Waals surface area contributed by atoms with Crippen LogP contribution in [-0.2, 0) is 16.0 Å². The average molecular weight is 506 g/mol. The average Bonchev–Trinajstić information content (AvgIpc) is 2.86. The molecule has 0 aliphatic carbocycles. The van der Waals surface area contributed by atoms with Gasteiger partial charge in [-0.25, -0.2) is 0 Å². The van der Waals surface area contributed by atoms with Gasteiger partial charge in [0.2, 0.25) is 11.8 Å². The summed E-state index contributed by atoms with van der Waals surface area (Å²) in [5.74, 6) is -0.785. The van der Waals surface area contributed by atoms with Gasteiger partial charge in [0.05, 0.1) is 5.92 Å². The van der Waals surface area contributed by atoms with Gasteiger partial charge >= 0.3 is 0 Å². The molecular weight excluding hydrogens is 470 g/mol. The molecule has 2 amide bonds. The SMILES string of the molecule is CC(C)N(C(=O)C(c1cccnc1)C(CNC(=O)CCc1ccccc1Cl)c1ccccc1)C(C)C. The zero-order valence-corrected chi connectivity index (χ0v) is 22.3. The third-order valence-electron chi connectivity index (χ3n) is 6.41. The van der Waals surface area contributed by atoms with Crippen LogP contribution in [0.1, 0.15) is 62.6 Å². The number of halogens is 1. The van der Waals surface area contributed by atoms with E-state index in [1.165, 1.54) is 0 Å². The summed E-state index contributed by atoms with van der Waals surface area (Å²) in [4.78, 5) is 33.2. The van der Waals surface area contributed by atoms with E-state index in [4.69, 9.17) is 11.6 Å². The van der Waals surface area contributed by atoms with Crippen molar-refractivity contribution in [1.82, 2.24) is 15.2 Å². The second-order valence-electron chi connectivity index (χ2n) is 9.61. The predicted molar refractivity (Wildman–Crippen MR) is 146 cm³/mol. The molecule has 36 heavy (non-hydrogen) atoms. The third kappa shape index (κ3) is 7.17. The highest BCUT2D eigenvalue weighted by molar-refractivity contribution is 6.31. The van der Waals surface area contributed by atoms with Crippen molar-refractivity contribution in [3.8, 4) is 0 Å². The fraction of sp³-hybridized carbons (Fsp3) is 0.367. The number of hydrogen-bond acceptors (Lipinski definition) is 3. The lowest BCUT2D eigenvalue weighted by molar-refractivity contribution is -0.137. The molecule has 0 aliphatic heterocycles. The molecule has 3 rings (SSSR count). The van der Waals surface area contributed by atoms with Crippen LogP contribution in [0, 0.1) is 0 Å². The summed E-state index contributed by atoms with van der Waals surface area (Å²) in [5, 5.41) is 3.76. The van der Waals surface area contributed by atoms with Crippen molar-refractivity contribution in [3.05, 3.63) is 101 Å². The minimum Gasteiger partial charge on any atom is -0.355 e. The van der Waals surface area contributed by atoms with E-state index in [-0.39, 0.29) is 29.8 Å². The minimum absolute atomic E-state index is 0.0344. The first-order chi connectivity index (χ1) is 17.3. The molecule has 2 aromatic carbocycles. The Labute approximate surface area is 219 Å². The quantitative estimate of drug-likeness (QED) is 0.348. The summed E-state index contributed by atoms with van der Waals surface area (Å²) >= 11 is 6.26. The van der Waals surface area contributed by atoms with Gasteiger partial charge < -0.3 is 10.2 Å². The number of amides is 2. The molecule has 1 N–H and O–H groups in total. The van der Waals surface area contributed by atoms with Crippen LogP contribution in [0.25, 0.3) is 0 Å². The maximum absolute atomic E-state index is 14.1. The van der Waals surface area contributed by atoms with Crippen LogP contribution in [0.5, 0.6) is 0 Å². The first kappa shape index (κ1) is 27.4. The Hall–Kier alpha value is -3.18. The van der Waals surface area contributed by atoms with Gasteiger partial charge in [0, 0.05) is 48.4 Å². The lowest BCUT2D eigenvalue weighted by Gasteiger charge is -2.37. The molecule has 1 heterocycles. The number of aromatic nitrogens is 1. The van der Waals surface area contributed by atoms with Crippen molar-refractivity contribution in [2.45, 2.75) is 64.5 Å². The number of benzene rings is 2. The molecule has 1 aromatic heterocycles. The fourth-order valence-corrected chi connectivity index (χ4v) is 4.99. The van der Waals surface area contributed by atoms with Crippen molar-refractivity contribution >= 4 is 23.4 Å². The Balaban J connectivity index is 1.89. The summed E-state index contributed by atoms with van der Waals surface area (Å²) in [6, 6.07) is 21.4. The molecule has 0 bridgehead atoms. The molecule has 0 radical (unpaired) electrons. The van der Waals surface area contributed by atoms with Gasteiger partial charge in [-0.05, 0) is 62.9 Å². The molecular formula is C30H36ClN3O2. The van der Waals surface area contributed by atoms with Crippen LogP contribution >= 0.6 is 11.6 Å². The summed E-state index contributed by atoms with van der Waals surface area (Å²) in [6.45, 7) is 8.47. The van der Waals surface area contributed by atoms with E-state index in [1.807, 2.05) is 99.3 Å². The van der Waals surface area contributed by atoms with E-state index < -0.39 is 5.92 Å². The van der Waals surface area contributed by atoms with Crippen LogP contribution in [0.4, 0.5) is 0 Å². The van der Waals surface area contributed by atoms with Crippen molar-refractivity contribution in [3.63, 3.8) is 0 Å². The molecule has 0 saturated heterocycles. The molecule has 0 spiro atoms. The van der Waals surface area contributed by atoms with E-state index in [2.05, 4.69) is 10.3 Å². The molecule has 5 nitrogen and oxygen atoms in total. The molecule has 0 aliphatic rings. The Bertz CT molecular complexity index is 1110. The zero-order chi connectivity index (χ0) is 26.1. The first-order valence-corrected chi connectivity index (χ1v) is 12.9. The highest BCUT2D eigenvalue weighted by Crippen LogP contribution is 2.35. The minimum atomic E-state index is -0.491. The van der Waals surface area contributed by atoms with Crippen LogP contribution < -0.4 is 5.32 Å². The van der Waals surface area contributed by atoms with Crippen LogP contribution in [0.3, 0.4) is 0 Å². The lowest BCUT2D eigenvalue weighted by atomic mass is 9.80. The molecule has 0 saturated carbocycles. The third-order valence-corrected chi connectivity index (χ3v) is 6.77. The Kier molecular flexibility index (Phi) is 10.1. The molecule has 2 atom stereocenters. The summed E-state index contributed by atoms with van der Waals surface area (Å²) in [6.07, 6.45) is 4.35. The van der Waals surface area contributed by atoms with Crippen molar-refractivity contribution in [2.24, 2.45) is 0 Å². The smallest absolute Gasteiger partial charge is 0.231 e. The number of aryl methyl sites for hydroxylation is 1. The van der Waals surface area contributed by atoms with Crippen LogP contribution in [0.15, 0.2) is 79.1 Å². The number of nitrogens with one attached hydrogen (secondary N) is 1. The number of nitrogens with zero attached hydrogens (tertiary/aromatic N) is 2. The van der Waals surface area contributed by atoms with Gasteiger partial charge in [-0.2, -0.15) is 0 Å². The topological polar surface area (TPSA) is 62.3 Å². The summed E-state index contributed by atoms with van der Waals surface area (Å²) < 4.78 is 0. The van der Waals surface area contributed by atoms with Gasteiger partial charge in [0.1, 0.15) is 0 Å². The van der Waals surface area contributed by atoms with Gasteiger partial charge in [-0.1, -0.05) is 66.2 Å². The van der Waals surface area contributed by atoms with E-state index in [1.54, 1.807) is 12.4 Å².